The van der Waals surface area contributed by atoms with Crippen molar-refractivity contribution in [2.24, 2.45) is 0 Å². The number of anilines is 1. The van der Waals surface area contributed by atoms with E-state index in [1.807, 2.05) is 18.2 Å². The third kappa shape index (κ3) is 3.40. The lowest BCUT2D eigenvalue weighted by Crippen LogP contribution is -2.36. The summed E-state index contributed by atoms with van der Waals surface area (Å²) in [5.41, 5.74) is 2.65. The first kappa shape index (κ1) is 17.3. The molecule has 0 atom stereocenters. The highest BCUT2D eigenvalue weighted by Gasteiger charge is 2.16. The molecule has 0 amide bonds. The molecule has 0 radical (unpaired) electrons. The molecule has 0 unspecified atom stereocenters. The number of fused-ring (bicyclic) bond motifs is 1. The number of hydrogen-bond acceptors (Lipinski definition) is 5. The zero-order chi connectivity index (χ0) is 18.1. The number of morpholine rings is 1. The van der Waals surface area contributed by atoms with Crippen LogP contribution in [-0.4, -0.2) is 40.8 Å². The third-order valence-electron chi connectivity index (χ3n) is 4.39. The molecule has 3 aromatic rings. The van der Waals surface area contributed by atoms with E-state index in [1.165, 1.54) is 0 Å². The Morgan fingerprint density at radius 2 is 1.85 bits per heavy atom. The van der Waals surface area contributed by atoms with Gasteiger partial charge >= 0.3 is 5.69 Å². The molecule has 3 heterocycles. The second kappa shape index (κ2) is 7.23. The molecule has 1 fully saturated rings. The summed E-state index contributed by atoms with van der Waals surface area (Å²) in [6.07, 6.45) is 1.76. The van der Waals surface area contributed by atoms with Crippen LogP contribution >= 0.6 is 23.2 Å². The molecule has 6 nitrogen and oxygen atoms in total. The fraction of sp³-hybridized carbons (Fsp3) is 0.278. The molecule has 1 aromatic carbocycles. The highest BCUT2D eigenvalue weighted by Crippen LogP contribution is 2.24. The molecule has 0 bridgehead atoms. The Balaban J connectivity index is 1.81. The van der Waals surface area contributed by atoms with Gasteiger partial charge in [-0.3, -0.25) is 4.57 Å². The van der Waals surface area contributed by atoms with Crippen molar-refractivity contribution in [1.29, 1.82) is 0 Å². The van der Waals surface area contributed by atoms with Gasteiger partial charge in [-0.15, -0.1) is 0 Å². The molecule has 0 N–H and O–H groups in total. The van der Waals surface area contributed by atoms with Crippen LogP contribution in [0.2, 0.25) is 10.2 Å². The molecular formula is C18H16Cl2N4O2. The van der Waals surface area contributed by atoms with Crippen molar-refractivity contribution in [3.63, 3.8) is 0 Å². The number of aromatic nitrogens is 3. The van der Waals surface area contributed by atoms with Crippen molar-refractivity contribution in [1.82, 2.24) is 14.5 Å². The van der Waals surface area contributed by atoms with E-state index in [-0.39, 0.29) is 5.15 Å². The standard InChI is InChI=1S/C18H16Cl2N4O2/c19-13-3-1-12(2-4-13)11-24-15-9-14(23-5-7-26-8-6-23)10-21-16(15)17(20)22-18(24)25/h1-4,9-10H,5-8,11H2. The summed E-state index contributed by atoms with van der Waals surface area (Å²) in [6, 6.07) is 9.30. The Morgan fingerprint density at radius 3 is 2.58 bits per heavy atom. The number of nitrogens with zero attached hydrogens (tertiary/aromatic N) is 4. The Morgan fingerprint density at radius 1 is 1.12 bits per heavy atom. The molecule has 26 heavy (non-hydrogen) atoms. The van der Waals surface area contributed by atoms with Crippen LogP contribution in [0.1, 0.15) is 5.56 Å². The maximum atomic E-state index is 12.5. The quantitative estimate of drug-likeness (QED) is 0.643. The highest BCUT2D eigenvalue weighted by molar-refractivity contribution is 6.33. The van der Waals surface area contributed by atoms with Gasteiger partial charge in [-0.05, 0) is 23.8 Å². The van der Waals surface area contributed by atoms with Crippen LogP contribution in [-0.2, 0) is 11.3 Å². The Bertz CT molecular complexity index is 998. The summed E-state index contributed by atoms with van der Waals surface area (Å²) >= 11 is 12.1. The van der Waals surface area contributed by atoms with E-state index in [4.69, 9.17) is 27.9 Å². The average molecular weight is 391 g/mol. The molecular weight excluding hydrogens is 375 g/mol. The summed E-state index contributed by atoms with van der Waals surface area (Å²) in [5.74, 6) is 0. The zero-order valence-corrected chi connectivity index (χ0v) is 15.4. The van der Waals surface area contributed by atoms with Crippen molar-refractivity contribution in [2.75, 3.05) is 31.2 Å². The van der Waals surface area contributed by atoms with Gasteiger partial charge in [0.15, 0.2) is 5.15 Å². The third-order valence-corrected chi connectivity index (χ3v) is 4.91. The summed E-state index contributed by atoms with van der Waals surface area (Å²) in [7, 11) is 0. The number of halogens is 2. The van der Waals surface area contributed by atoms with Crippen molar-refractivity contribution in [3.05, 3.63) is 62.8 Å². The van der Waals surface area contributed by atoms with E-state index in [1.54, 1.807) is 22.9 Å². The number of benzene rings is 1. The summed E-state index contributed by atoms with van der Waals surface area (Å²) < 4.78 is 6.98. The van der Waals surface area contributed by atoms with E-state index in [9.17, 15) is 4.79 Å². The first-order valence-electron chi connectivity index (χ1n) is 8.25. The molecule has 2 aromatic heterocycles. The van der Waals surface area contributed by atoms with E-state index in [2.05, 4.69) is 14.9 Å². The molecule has 4 rings (SSSR count). The first-order chi connectivity index (χ1) is 12.6. The molecule has 1 saturated heterocycles. The maximum Gasteiger partial charge on any atom is 0.349 e. The van der Waals surface area contributed by atoms with E-state index >= 15 is 0 Å². The van der Waals surface area contributed by atoms with Crippen molar-refractivity contribution >= 4 is 39.9 Å². The predicted octanol–water partition coefficient (Wildman–Crippen LogP) is 2.98. The molecule has 0 saturated carbocycles. The largest absolute Gasteiger partial charge is 0.378 e. The van der Waals surface area contributed by atoms with Crippen LogP contribution in [0.5, 0.6) is 0 Å². The summed E-state index contributed by atoms with van der Waals surface area (Å²) in [5, 5.41) is 0.766. The minimum absolute atomic E-state index is 0.117. The summed E-state index contributed by atoms with van der Waals surface area (Å²) in [6.45, 7) is 3.28. The van der Waals surface area contributed by atoms with Gasteiger partial charge in [-0.25, -0.2) is 9.78 Å². The fourth-order valence-electron chi connectivity index (χ4n) is 3.03. The predicted molar refractivity (Wildman–Crippen MR) is 102 cm³/mol. The molecule has 0 aliphatic carbocycles. The zero-order valence-electron chi connectivity index (χ0n) is 13.9. The van der Waals surface area contributed by atoms with Gasteiger partial charge in [-0.2, -0.15) is 4.98 Å². The number of hydrogen-bond donors (Lipinski definition) is 0. The van der Waals surface area contributed by atoms with Gasteiger partial charge in [0, 0.05) is 18.1 Å². The van der Waals surface area contributed by atoms with Crippen LogP contribution in [0.15, 0.2) is 41.3 Å². The first-order valence-corrected chi connectivity index (χ1v) is 9.00. The van der Waals surface area contributed by atoms with E-state index < -0.39 is 5.69 Å². The van der Waals surface area contributed by atoms with Crippen molar-refractivity contribution in [3.8, 4) is 0 Å². The molecule has 0 spiro atoms. The Kier molecular flexibility index (Phi) is 4.80. The molecule has 134 valence electrons. The van der Waals surface area contributed by atoms with Crippen LogP contribution in [0.3, 0.4) is 0 Å². The van der Waals surface area contributed by atoms with Gasteiger partial charge < -0.3 is 9.64 Å². The summed E-state index contributed by atoms with van der Waals surface area (Å²) in [4.78, 5) is 23.0. The van der Waals surface area contributed by atoms with Crippen molar-refractivity contribution < 1.29 is 4.74 Å². The van der Waals surface area contributed by atoms with Gasteiger partial charge in [0.25, 0.3) is 0 Å². The monoisotopic (exact) mass is 390 g/mol. The SMILES string of the molecule is O=c1nc(Cl)c2ncc(N3CCOCC3)cc2n1Cc1ccc(Cl)cc1. The van der Waals surface area contributed by atoms with Crippen LogP contribution in [0.25, 0.3) is 11.0 Å². The topological polar surface area (TPSA) is 60.3 Å². The lowest BCUT2D eigenvalue weighted by Gasteiger charge is -2.28. The highest BCUT2D eigenvalue weighted by atomic mass is 35.5. The Labute approximate surface area is 159 Å². The van der Waals surface area contributed by atoms with Crippen LogP contribution < -0.4 is 10.6 Å². The molecule has 8 heteroatoms. The van der Waals surface area contributed by atoms with Gasteiger partial charge in [-0.1, -0.05) is 35.3 Å². The van der Waals surface area contributed by atoms with Gasteiger partial charge in [0.05, 0.1) is 37.2 Å². The average Bonchev–Trinajstić information content (AvgIpc) is 2.67. The molecule has 1 aliphatic rings. The van der Waals surface area contributed by atoms with E-state index in [0.29, 0.717) is 35.8 Å². The minimum Gasteiger partial charge on any atom is -0.378 e. The van der Waals surface area contributed by atoms with E-state index in [0.717, 1.165) is 24.3 Å². The van der Waals surface area contributed by atoms with Crippen LogP contribution in [0.4, 0.5) is 5.69 Å². The van der Waals surface area contributed by atoms with Gasteiger partial charge in [0.1, 0.15) is 5.52 Å². The number of rotatable bonds is 3. The Hall–Kier alpha value is -2.15. The lowest BCUT2D eigenvalue weighted by atomic mass is 10.2. The molecule has 1 aliphatic heterocycles. The fourth-order valence-corrected chi connectivity index (χ4v) is 3.37. The van der Waals surface area contributed by atoms with Crippen molar-refractivity contribution in [2.45, 2.75) is 6.54 Å². The second-order valence-electron chi connectivity index (χ2n) is 6.06. The number of pyridine rings is 1. The van der Waals surface area contributed by atoms with Gasteiger partial charge in [0.2, 0.25) is 0 Å². The minimum atomic E-state index is -0.404. The normalized spacial score (nSPS) is 14.8. The number of ether oxygens (including phenoxy) is 1. The smallest absolute Gasteiger partial charge is 0.349 e. The lowest BCUT2D eigenvalue weighted by molar-refractivity contribution is 0.122. The second-order valence-corrected chi connectivity index (χ2v) is 6.85. The van der Waals surface area contributed by atoms with Crippen LogP contribution in [0, 0.1) is 0 Å². The maximum absolute atomic E-state index is 12.5.